The highest BCUT2D eigenvalue weighted by Crippen LogP contribution is 2.35. The van der Waals surface area contributed by atoms with E-state index >= 15 is 0 Å². The fraction of sp³-hybridized carbons (Fsp3) is 0.0833. The molecule has 0 saturated carbocycles. The molecule has 5 rings (SSSR count). The molecule has 0 aliphatic carbocycles. The zero-order valence-corrected chi connectivity index (χ0v) is 14.4. The van der Waals surface area contributed by atoms with Gasteiger partial charge >= 0.3 is 0 Å². The summed E-state index contributed by atoms with van der Waals surface area (Å²) in [7, 11) is 0. The molecular weight excluding hydrogens is 302 g/mol. The number of hydrogen-bond donors (Lipinski definition) is 1. The molecule has 25 heavy (non-hydrogen) atoms. The fourth-order valence-corrected chi connectivity index (χ4v) is 3.99. The summed E-state index contributed by atoms with van der Waals surface area (Å²) in [6, 6.07) is 26.3. The van der Waals surface area contributed by atoms with Crippen LogP contribution in [0.25, 0.3) is 43.7 Å². The van der Waals surface area contributed by atoms with Crippen molar-refractivity contribution >= 4 is 32.6 Å². The number of benzene rings is 4. The number of H-pyrrole nitrogens is 1. The van der Waals surface area contributed by atoms with Crippen molar-refractivity contribution in [2.24, 2.45) is 0 Å². The number of rotatable bonds is 1. The topological polar surface area (TPSA) is 15.8 Å². The molecule has 0 bridgehead atoms. The van der Waals surface area contributed by atoms with Gasteiger partial charge in [0.05, 0.1) is 0 Å². The van der Waals surface area contributed by atoms with E-state index in [-0.39, 0.29) is 0 Å². The van der Waals surface area contributed by atoms with Gasteiger partial charge in [0.15, 0.2) is 0 Å². The first-order chi connectivity index (χ1) is 12.2. The van der Waals surface area contributed by atoms with Crippen molar-refractivity contribution in [1.82, 2.24) is 4.98 Å². The Balaban J connectivity index is 1.85. The minimum Gasteiger partial charge on any atom is -0.354 e. The number of nitrogens with one attached hydrogen (secondary N) is 1. The highest BCUT2D eigenvalue weighted by atomic mass is 14.7. The molecule has 1 heteroatoms. The summed E-state index contributed by atoms with van der Waals surface area (Å²) in [4.78, 5) is 3.57. The predicted molar refractivity (Wildman–Crippen MR) is 108 cm³/mol. The SMILES string of the molecule is Cc1ccccc1-c1ccc2cc3c(cc2c1C)[nH]c1ccccc13. The van der Waals surface area contributed by atoms with Crippen LogP contribution in [-0.4, -0.2) is 4.98 Å². The van der Waals surface area contributed by atoms with Crippen molar-refractivity contribution in [1.29, 1.82) is 0 Å². The molecule has 0 unspecified atom stereocenters. The fourth-order valence-electron chi connectivity index (χ4n) is 3.99. The maximum atomic E-state index is 3.57. The van der Waals surface area contributed by atoms with Crippen LogP contribution in [0, 0.1) is 13.8 Å². The minimum atomic E-state index is 1.20. The molecule has 0 amide bonds. The van der Waals surface area contributed by atoms with Crippen LogP contribution in [0.5, 0.6) is 0 Å². The van der Waals surface area contributed by atoms with Crippen molar-refractivity contribution < 1.29 is 0 Å². The predicted octanol–water partition coefficient (Wildman–Crippen LogP) is 6.76. The number of aromatic nitrogens is 1. The smallest absolute Gasteiger partial charge is 0.0471 e. The third kappa shape index (κ3) is 2.09. The molecule has 1 nitrogen and oxygen atoms in total. The first-order valence-corrected chi connectivity index (χ1v) is 8.72. The van der Waals surface area contributed by atoms with Gasteiger partial charge in [-0.05, 0) is 65.1 Å². The largest absolute Gasteiger partial charge is 0.354 e. The maximum absolute atomic E-state index is 3.57. The Morgan fingerprint density at radius 1 is 0.600 bits per heavy atom. The molecular formula is C24H19N. The van der Waals surface area contributed by atoms with Crippen LogP contribution in [0.15, 0.2) is 72.8 Å². The second kappa shape index (κ2) is 5.22. The molecule has 1 aromatic heterocycles. The molecule has 0 aliphatic heterocycles. The van der Waals surface area contributed by atoms with Crippen molar-refractivity contribution in [3.63, 3.8) is 0 Å². The van der Waals surface area contributed by atoms with Gasteiger partial charge in [0, 0.05) is 21.8 Å². The van der Waals surface area contributed by atoms with Crippen LogP contribution in [0.2, 0.25) is 0 Å². The lowest BCUT2D eigenvalue weighted by Crippen LogP contribution is -1.88. The summed E-state index contributed by atoms with van der Waals surface area (Å²) in [5, 5.41) is 5.21. The summed E-state index contributed by atoms with van der Waals surface area (Å²) in [6.07, 6.45) is 0. The van der Waals surface area contributed by atoms with Gasteiger partial charge < -0.3 is 4.98 Å². The molecule has 0 atom stereocenters. The van der Waals surface area contributed by atoms with Gasteiger partial charge in [-0.1, -0.05) is 54.6 Å². The molecule has 0 radical (unpaired) electrons. The third-order valence-corrected chi connectivity index (χ3v) is 5.35. The van der Waals surface area contributed by atoms with Crippen molar-refractivity contribution in [3.8, 4) is 11.1 Å². The highest BCUT2D eigenvalue weighted by molar-refractivity contribution is 6.12. The number of aromatic amines is 1. The second-order valence-corrected chi connectivity index (χ2v) is 6.84. The summed E-state index contributed by atoms with van der Waals surface area (Å²) in [5.41, 5.74) is 7.70. The molecule has 1 heterocycles. The van der Waals surface area contributed by atoms with Gasteiger partial charge in [0.2, 0.25) is 0 Å². The lowest BCUT2D eigenvalue weighted by Gasteiger charge is -2.12. The summed E-state index contributed by atoms with van der Waals surface area (Å²) in [6.45, 7) is 4.42. The van der Waals surface area contributed by atoms with Crippen molar-refractivity contribution in [3.05, 3.63) is 83.9 Å². The van der Waals surface area contributed by atoms with E-state index in [0.29, 0.717) is 0 Å². The molecule has 0 saturated heterocycles. The van der Waals surface area contributed by atoms with Crippen LogP contribution in [0.3, 0.4) is 0 Å². The minimum absolute atomic E-state index is 1.20. The van der Waals surface area contributed by atoms with Crippen LogP contribution in [-0.2, 0) is 0 Å². The Bertz CT molecular complexity index is 1260. The van der Waals surface area contributed by atoms with E-state index in [9.17, 15) is 0 Å². The molecule has 120 valence electrons. The van der Waals surface area contributed by atoms with Crippen molar-refractivity contribution in [2.75, 3.05) is 0 Å². The third-order valence-electron chi connectivity index (χ3n) is 5.35. The Morgan fingerprint density at radius 2 is 1.40 bits per heavy atom. The van der Waals surface area contributed by atoms with E-state index in [2.05, 4.69) is 91.6 Å². The molecule has 0 aliphatic rings. The molecule has 1 N–H and O–H groups in total. The lowest BCUT2D eigenvalue weighted by molar-refractivity contribution is 1.43. The van der Waals surface area contributed by atoms with Crippen LogP contribution >= 0.6 is 0 Å². The quantitative estimate of drug-likeness (QED) is 0.351. The second-order valence-electron chi connectivity index (χ2n) is 6.84. The highest BCUT2D eigenvalue weighted by Gasteiger charge is 2.11. The molecule has 5 aromatic rings. The standard InChI is InChI=1S/C24H19N/c1-15-7-3-4-8-18(15)19-12-11-17-13-22-20-9-5-6-10-23(20)25-24(22)14-21(17)16(19)2/h3-14,25H,1-2H3. The summed E-state index contributed by atoms with van der Waals surface area (Å²) < 4.78 is 0. The first-order valence-electron chi connectivity index (χ1n) is 8.72. The Morgan fingerprint density at radius 3 is 2.28 bits per heavy atom. The van der Waals surface area contributed by atoms with Crippen molar-refractivity contribution in [2.45, 2.75) is 13.8 Å². The molecule has 4 aromatic carbocycles. The van der Waals surface area contributed by atoms with Gasteiger partial charge in [-0.15, -0.1) is 0 Å². The maximum Gasteiger partial charge on any atom is 0.0471 e. The van der Waals surface area contributed by atoms with Crippen LogP contribution in [0.1, 0.15) is 11.1 Å². The number of hydrogen-bond acceptors (Lipinski definition) is 0. The van der Waals surface area contributed by atoms with Gasteiger partial charge in [-0.2, -0.15) is 0 Å². The summed E-state index contributed by atoms with van der Waals surface area (Å²) in [5.74, 6) is 0. The average Bonchev–Trinajstić information content (AvgIpc) is 2.99. The average molecular weight is 321 g/mol. The van der Waals surface area contributed by atoms with Gasteiger partial charge in [0.1, 0.15) is 0 Å². The van der Waals surface area contributed by atoms with E-state index in [1.165, 1.54) is 54.8 Å². The molecule has 0 spiro atoms. The number of para-hydroxylation sites is 1. The molecule has 0 fully saturated rings. The zero-order valence-electron chi connectivity index (χ0n) is 14.4. The summed E-state index contributed by atoms with van der Waals surface area (Å²) >= 11 is 0. The van der Waals surface area contributed by atoms with Crippen LogP contribution < -0.4 is 0 Å². The van der Waals surface area contributed by atoms with E-state index < -0.39 is 0 Å². The Labute approximate surface area is 146 Å². The van der Waals surface area contributed by atoms with E-state index in [1.807, 2.05) is 0 Å². The van der Waals surface area contributed by atoms with E-state index in [1.54, 1.807) is 0 Å². The zero-order chi connectivity index (χ0) is 17.0. The van der Waals surface area contributed by atoms with Crippen LogP contribution in [0.4, 0.5) is 0 Å². The van der Waals surface area contributed by atoms with Gasteiger partial charge in [-0.3, -0.25) is 0 Å². The normalized spacial score (nSPS) is 11.6. The number of fused-ring (bicyclic) bond motifs is 4. The van der Waals surface area contributed by atoms with Gasteiger partial charge in [0.25, 0.3) is 0 Å². The lowest BCUT2D eigenvalue weighted by atomic mass is 9.92. The Hall–Kier alpha value is -3.06. The monoisotopic (exact) mass is 321 g/mol. The number of aryl methyl sites for hydroxylation is 2. The Kier molecular flexibility index (Phi) is 2.98. The van der Waals surface area contributed by atoms with E-state index in [4.69, 9.17) is 0 Å². The van der Waals surface area contributed by atoms with E-state index in [0.717, 1.165) is 0 Å². The first kappa shape index (κ1) is 14.3. The van der Waals surface area contributed by atoms with Gasteiger partial charge in [-0.25, -0.2) is 0 Å².